The fourth-order valence-electron chi connectivity index (χ4n) is 3.21. The molecule has 0 bridgehead atoms. The van der Waals surface area contributed by atoms with Gasteiger partial charge in [-0.3, -0.25) is 4.55 Å². The van der Waals surface area contributed by atoms with E-state index in [1.807, 2.05) is 0 Å². The lowest BCUT2D eigenvalue weighted by Crippen LogP contribution is -2.39. The van der Waals surface area contributed by atoms with Gasteiger partial charge in [0.2, 0.25) is 0 Å². The van der Waals surface area contributed by atoms with Crippen molar-refractivity contribution in [2.45, 2.75) is 4.75 Å². The lowest BCUT2D eigenvalue weighted by atomic mass is 9.83. The molecule has 0 spiro atoms. The van der Waals surface area contributed by atoms with Crippen molar-refractivity contribution in [3.05, 3.63) is 91.4 Å². The molecule has 3 N–H and O–H groups in total. The van der Waals surface area contributed by atoms with E-state index in [2.05, 4.69) is 0 Å². The first-order chi connectivity index (χ1) is 13.5. The average Bonchev–Trinajstić information content (AvgIpc) is 2.59. The van der Waals surface area contributed by atoms with Gasteiger partial charge in [0.15, 0.2) is 4.75 Å². The van der Waals surface area contributed by atoms with Crippen LogP contribution in [0.4, 0.5) is 0 Å². The number of halogens is 4. The molecule has 0 amide bonds. The summed E-state index contributed by atoms with van der Waals surface area (Å²) in [5.41, 5.74) is -0.393. The van der Waals surface area contributed by atoms with E-state index in [0.717, 1.165) is 18.2 Å². The molecule has 3 aromatic rings. The molecule has 0 radical (unpaired) electrons. The molecular formula is C19H12Cl4O5S. The van der Waals surface area contributed by atoms with Crippen molar-refractivity contribution in [1.82, 2.24) is 0 Å². The first kappa shape index (κ1) is 22.0. The number of phenolic OH excluding ortho intramolecular Hbond substituents is 2. The van der Waals surface area contributed by atoms with Gasteiger partial charge in [0.05, 0.1) is 5.02 Å². The van der Waals surface area contributed by atoms with Crippen LogP contribution in [-0.4, -0.2) is 23.2 Å². The third-order valence-electron chi connectivity index (χ3n) is 4.34. The molecule has 3 aromatic carbocycles. The van der Waals surface area contributed by atoms with Crippen molar-refractivity contribution in [3.63, 3.8) is 0 Å². The van der Waals surface area contributed by atoms with Crippen LogP contribution >= 0.6 is 46.4 Å². The van der Waals surface area contributed by atoms with Gasteiger partial charge >= 0.3 is 0 Å². The Morgan fingerprint density at radius 1 is 0.759 bits per heavy atom. The molecule has 3 rings (SSSR count). The summed E-state index contributed by atoms with van der Waals surface area (Å²) in [6, 6.07) is 11.6. The summed E-state index contributed by atoms with van der Waals surface area (Å²) in [4.78, 5) is 0. The van der Waals surface area contributed by atoms with E-state index in [-0.39, 0.29) is 42.5 Å². The first-order valence-corrected chi connectivity index (χ1v) is 10.8. The lowest BCUT2D eigenvalue weighted by molar-refractivity contribution is 0.455. The van der Waals surface area contributed by atoms with Crippen molar-refractivity contribution in [2.24, 2.45) is 0 Å². The lowest BCUT2D eigenvalue weighted by Gasteiger charge is -2.34. The van der Waals surface area contributed by atoms with E-state index in [9.17, 15) is 23.2 Å². The molecule has 1 unspecified atom stereocenters. The predicted molar refractivity (Wildman–Crippen MR) is 114 cm³/mol. The Labute approximate surface area is 186 Å². The minimum absolute atomic E-state index is 0.000997. The van der Waals surface area contributed by atoms with Gasteiger partial charge in [0.1, 0.15) is 11.5 Å². The quantitative estimate of drug-likeness (QED) is 0.311. The molecule has 0 aliphatic heterocycles. The van der Waals surface area contributed by atoms with Crippen LogP contribution in [0.15, 0.2) is 54.6 Å². The molecule has 0 aliphatic rings. The van der Waals surface area contributed by atoms with Gasteiger partial charge in [-0.05, 0) is 35.9 Å². The Hall–Kier alpha value is -1.67. The Kier molecular flexibility index (Phi) is 5.98. The molecule has 1 atom stereocenters. The summed E-state index contributed by atoms with van der Waals surface area (Å²) in [6.45, 7) is 0. The number of rotatable bonds is 4. The molecule has 0 saturated carbocycles. The van der Waals surface area contributed by atoms with E-state index in [0.29, 0.717) is 0 Å². The maximum absolute atomic E-state index is 13.0. The monoisotopic (exact) mass is 492 g/mol. The highest BCUT2D eigenvalue weighted by atomic mass is 35.5. The van der Waals surface area contributed by atoms with Crippen LogP contribution < -0.4 is 0 Å². The first-order valence-electron chi connectivity index (χ1n) is 7.89. The fraction of sp³-hybridized carbons (Fsp3) is 0.0526. The molecule has 152 valence electrons. The Morgan fingerprint density at radius 2 is 1.41 bits per heavy atom. The van der Waals surface area contributed by atoms with Gasteiger partial charge in [-0.25, -0.2) is 0 Å². The Bertz CT molecular complexity index is 1190. The van der Waals surface area contributed by atoms with Gasteiger partial charge in [-0.2, -0.15) is 8.42 Å². The van der Waals surface area contributed by atoms with E-state index in [4.69, 9.17) is 46.4 Å². The molecule has 0 saturated heterocycles. The third-order valence-corrected chi connectivity index (χ3v) is 6.96. The number of aromatic hydroxyl groups is 2. The highest BCUT2D eigenvalue weighted by Crippen LogP contribution is 2.51. The second-order valence-corrected chi connectivity index (χ2v) is 9.34. The van der Waals surface area contributed by atoms with Crippen molar-refractivity contribution >= 4 is 56.5 Å². The molecule has 0 aliphatic carbocycles. The van der Waals surface area contributed by atoms with Crippen LogP contribution in [0.25, 0.3) is 0 Å². The SMILES string of the molecule is O=S(=O)(O)C(c1cc(O)cc(Cl)c1)(c1ccccc1Cl)c1cc(Cl)c(O)cc1Cl. The Balaban J connectivity index is 2.63. The highest BCUT2D eigenvalue weighted by molar-refractivity contribution is 7.87. The van der Waals surface area contributed by atoms with E-state index < -0.39 is 20.6 Å². The highest BCUT2D eigenvalue weighted by Gasteiger charge is 2.51. The van der Waals surface area contributed by atoms with Crippen LogP contribution in [0.5, 0.6) is 11.5 Å². The molecule has 0 aromatic heterocycles. The zero-order chi connectivity index (χ0) is 21.6. The zero-order valence-electron chi connectivity index (χ0n) is 14.3. The van der Waals surface area contributed by atoms with Crippen molar-refractivity contribution < 1.29 is 23.2 Å². The topological polar surface area (TPSA) is 94.8 Å². The smallest absolute Gasteiger partial charge is 0.283 e. The summed E-state index contributed by atoms with van der Waals surface area (Å²) in [7, 11) is -5.07. The van der Waals surface area contributed by atoms with Crippen molar-refractivity contribution in [2.75, 3.05) is 0 Å². The predicted octanol–water partition coefficient (Wildman–Crippen LogP) is 5.89. The molecule has 0 heterocycles. The fourth-order valence-corrected chi connectivity index (χ4v) is 5.61. The van der Waals surface area contributed by atoms with Crippen LogP contribution in [0.3, 0.4) is 0 Å². The third kappa shape index (κ3) is 3.77. The zero-order valence-corrected chi connectivity index (χ0v) is 18.1. The van der Waals surface area contributed by atoms with E-state index >= 15 is 0 Å². The standard InChI is InChI=1S/C19H12Cl4O5S/c20-11-5-10(6-12(24)7-11)19(29(26,27)28,13-3-1-2-4-15(13)21)14-8-17(23)18(25)9-16(14)22/h1-9,24-25H,(H,26,27,28). The van der Waals surface area contributed by atoms with Crippen LogP contribution in [0.2, 0.25) is 20.1 Å². The van der Waals surface area contributed by atoms with Gasteiger partial charge in [-0.1, -0.05) is 64.6 Å². The van der Waals surface area contributed by atoms with E-state index in [1.165, 1.54) is 30.3 Å². The summed E-state index contributed by atoms with van der Waals surface area (Å²) < 4.78 is 34.1. The molecular weight excluding hydrogens is 482 g/mol. The maximum Gasteiger partial charge on any atom is 0.283 e. The second-order valence-electron chi connectivity index (χ2n) is 6.12. The van der Waals surface area contributed by atoms with Gasteiger partial charge in [-0.15, -0.1) is 0 Å². The van der Waals surface area contributed by atoms with Gasteiger partial charge in [0, 0.05) is 32.3 Å². The summed E-state index contributed by atoms with van der Waals surface area (Å²) >= 11 is 24.7. The van der Waals surface area contributed by atoms with Crippen molar-refractivity contribution in [1.29, 1.82) is 0 Å². The number of hydrogen-bond donors (Lipinski definition) is 3. The minimum atomic E-state index is -5.07. The van der Waals surface area contributed by atoms with Crippen LogP contribution in [0.1, 0.15) is 16.7 Å². The van der Waals surface area contributed by atoms with Gasteiger partial charge < -0.3 is 10.2 Å². The Morgan fingerprint density at radius 3 is 2.00 bits per heavy atom. The molecule has 29 heavy (non-hydrogen) atoms. The maximum atomic E-state index is 13.0. The number of phenols is 2. The summed E-state index contributed by atoms with van der Waals surface area (Å²) in [5, 5.41) is 19.5. The largest absolute Gasteiger partial charge is 0.508 e. The van der Waals surface area contributed by atoms with Crippen LogP contribution in [-0.2, 0) is 14.9 Å². The average molecular weight is 494 g/mol. The number of benzene rings is 3. The minimum Gasteiger partial charge on any atom is -0.508 e. The second kappa shape index (κ2) is 7.87. The summed E-state index contributed by atoms with van der Waals surface area (Å²) in [5.74, 6) is -0.744. The molecule has 5 nitrogen and oxygen atoms in total. The van der Waals surface area contributed by atoms with Gasteiger partial charge in [0.25, 0.3) is 10.1 Å². The summed E-state index contributed by atoms with van der Waals surface area (Å²) in [6.07, 6.45) is 0. The normalized spacial score (nSPS) is 13.8. The number of hydrogen-bond acceptors (Lipinski definition) is 4. The van der Waals surface area contributed by atoms with Crippen LogP contribution in [0, 0.1) is 0 Å². The molecule has 0 fully saturated rings. The van der Waals surface area contributed by atoms with E-state index in [1.54, 1.807) is 6.07 Å². The van der Waals surface area contributed by atoms with Crippen molar-refractivity contribution in [3.8, 4) is 11.5 Å². The molecule has 10 heteroatoms.